The van der Waals surface area contributed by atoms with Crippen molar-refractivity contribution in [3.05, 3.63) is 120 Å². The maximum Gasteiger partial charge on any atom is 0.410 e. The normalized spacial score (nSPS) is 17.4. The van der Waals surface area contributed by atoms with E-state index in [9.17, 15) is 74.1 Å². The highest BCUT2D eigenvalue weighted by Gasteiger charge is 2.54. The van der Waals surface area contributed by atoms with Crippen molar-refractivity contribution in [2.75, 3.05) is 18.8 Å². The van der Waals surface area contributed by atoms with Gasteiger partial charge in [-0.3, -0.25) is 4.79 Å². The van der Waals surface area contributed by atoms with Crippen molar-refractivity contribution in [1.29, 1.82) is 0 Å². The fourth-order valence-electron chi connectivity index (χ4n) is 7.77. The monoisotopic (exact) mass is 1130 g/mol. The third kappa shape index (κ3) is 16.0. The molecule has 14 nitrogen and oxygen atoms in total. The van der Waals surface area contributed by atoms with Crippen molar-refractivity contribution in [1.82, 2.24) is 8.83 Å². The number of nitrogens with zero attached hydrogens (tertiary/aromatic N) is 2. The van der Waals surface area contributed by atoms with Crippen LogP contribution in [0.15, 0.2) is 129 Å². The van der Waals surface area contributed by atoms with Gasteiger partial charge in [-0.15, -0.1) is 4.48 Å². The first kappa shape index (κ1) is 61.4. The van der Waals surface area contributed by atoms with Crippen molar-refractivity contribution in [2.24, 2.45) is 17.8 Å². The van der Waals surface area contributed by atoms with E-state index in [1.54, 1.807) is 20.8 Å². The molecule has 410 valence electrons. The summed E-state index contributed by atoms with van der Waals surface area (Å²) in [4.78, 5) is 23.1. The molecule has 0 bridgehead atoms. The summed E-state index contributed by atoms with van der Waals surface area (Å²) in [7, 11) is -18.7. The number of amides is 1. The first-order chi connectivity index (χ1) is 34.1. The standard InChI is InChI=1S/C19H26F2O4S.C18H23F4NO4S.C12H10FNO4S2/c1-19(2,3)25-18(22)14-10-8-13(9-11-14)12-26(23,24)16-7-5-4-6-15(16)17(20)21;1-17(2,3)27-16(24)23-10-8-12(9-11-23)18(21,22)28(25,26)14-7-5-4-6-13(14)15(19)20;13-14(19(15,16)11-7-3-1-4-8-11)20(17,18)12-9-5-2-6-10-12/h4-7,13-14,17H,8-12H2,1-3H3;4-7,12,15H,8-11H2,1-3H3;1-10H. The first-order valence-corrected chi connectivity index (χ1v) is 29.0. The van der Waals surface area contributed by atoms with Crippen LogP contribution in [0.3, 0.4) is 0 Å². The number of sulfone groups is 2. The Labute approximate surface area is 428 Å². The van der Waals surface area contributed by atoms with E-state index in [-0.39, 0.29) is 54.4 Å². The van der Waals surface area contributed by atoms with E-state index >= 15 is 0 Å². The summed E-state index contributed by atoms with van der Waals surface area (Å²) < 4.78 is 203. The van der Waals surface area contributed by atoms with Gasteiger partial charge in [-0.05, 0) is 122 Å². The summed E-state index contributed by atoms with van der Waals surface area (Å²) in [5.74, 6) is -2.37. The van der Waals surface area contributed by atoms with Crippen LogP contribution in [0.25, 0.3) is 0 Å². The van der Waals surface area contributed by atoms with Crippen molar-refractivity contribution in [2.45, 2.75) is 129 Å². The third-order valence-corrected chi connectivity index (χ3v) is 19.0. The van der Waals surface area contributed by atoms with Gasteiger partial charge in [0, 0.05) is 30.1 Å². The molecule has 0 unspecified atom stereocenters. The zero-order chi connectivity index (χ0) is 55.7. The number of rotatable bonds is 13. The van der Waals surface area contributed by atoms with Gasteiger partial charge in [0.05, 0.1) is 35.2 Å². The predicted octanol–water partition coefficient (Wildman–Crippen LogP) is 11.1. The lowest BCUT2D eigenvalue weighted by molar-refractivity contribution is -0.161. The van der Waals surface area contributed by atoms with Gasteiger partial charge in [0.1, 0.15) is 11.2 Å². The molecule has 4 aromatic rings. The molecule has 1 aliphatic carbocycles. The van der Waals surface area contributed by atoms with E-state index in [2.05, 4.69) is 0 Å². The minimum absolute atomic E-state index is 0.110. The number of ether oxygens (including phenoxy) is 2. The second kappa shape index (κ2) is 24.7. The van der Waals surface area contributed by atoms with Crippen LogP contribution in [0.5, 0.6) is 0 Å². The van der Waals surface area contributed by atoms with Crippen LogP contribution in [-0.2, 0) is 54.0 Å². The molecule has 1 saturated carbocycles. The summed E-state index contributed by atoms with van der Waals surface area (Å²) in [6.45, 7) is 10.2. The maximum atomic E-state index is 14.8. The second-order valence-electron chi connectivity index (χ2n) is 19.3. The van der Waals surface area contributed by atoms with Crippen LogP contribution in [-0.4, -0.2) is 89.9 Å². The SMILES string of the molecule is CC(C)(C)OC(=O)C1CCC(CS(=O)(=O)c2ccccc2C(F)F)CC1.CC(C)(C)OC(=O)N1CCC(C(F)(F)S(=O)(=O)c2ccccc2C(F)F)CC1.O=S(=O)(c1ccccc1)N(F)S(=O)(=O)c1ccccc1. The van der Waals surface area contributed by atoms with Gasteiger partial charge in [-0.25, -0.2) is 56.0 Å². The molecule has 0 spiro atoms. The molecule has 1 aliphatic heterocycles. The molecule has 4 aromatic carbocycles. The Morgan fingerprint density at radius 2 is 0.973 bits per heavy atom. The molecule has 0 aromatic heterocycles. The minimum atomic E-state index is -5.33. The van der Waals surface area contributed by atoms with E-state index in [4.69, 9.17) is 9.47 Å². The smallest absolute Gasteiger partial charge is 0.410 e. The first-order valence-electron chi connectivity index (χ1n) is 23.0. The maximum absolute atomic E-state index is 14.8. The molecule has 1 saturated heterocycles. The van der Waals surface area contributed by atoms with Crippen LogP contribution in [0, 0.1) is 17.8 Å². The highest BCUT2D eigenvalue weighted by molar-refractivity contribution is 8.03. The molecule has 0 atom stereocenters. The average Bonchev–Trinajstić information content (AvgIpc) is 3.33. The highest BCUT2D eigenvalue weighted by atomic mass is 32.3. The molecule has 6 rings (SSSR count). The quantitative estimate of drug-likeness (QED) is 0.0699. The molecule has 25 heteroatoms. The Balaban J connectivity index is 0.000000244. The van der Waals surface area contributed by atoms with Crippen LogP contribution in [0.1, 0.15) is 104 Å². The molecule has 1 amide bonds. The van der Waals surface area contributed by atoms with Crippen molar-refractivity contribution in [3.8, 4) is 0 Å². The van der Waals surface area contributed by atoms with E-state index in [0.29, 0.717) is 25.7 Å². The Kier molecular flexibility index (Phi) is 20.5. The van der Waals surface area contributed by atoms with Crippen LogP contribution >= 0.6 is 0 Å². The number of likely N-dealkylation sites (tertiary alicyclic amines) is 1. The summed E-state index contributed by atoms with van der Waals surface area (Å²) in [5.41, 5.74) is -2.69. The van der Waals surface area contributed by atoms with Crippen molar-refractivity contribution < 1.29 is 83.6 Å². The fraction of sp³-hybridized carbons (Fsp3) is 0.469. The molecule has 2 aliphatic rings. The van der Waals surface area contributed by atoms with Gasteiger partial charge in [-0.2, -0.15) is 8.78 Å². The Bertz CT molecular complexity index is 2910. The largest absolute Gasteiger partial charge is 0.460 e. The number of hydrogen-bond donors (Lipinski definition) is 0. The van der Waals surface area contributed by atoms with E-state index < -0.39 is 111 Å². The van der Waals surface area contributed by atoms with Crippen LogP contribution < -0.4 is 0 Å². The number of hydrogen-bond acceptors (Lipinski definition) is 12. The third-order valence-electron chi connectivity index (χ3n) is 11.4. The second-order valence-corrected chi connectivity index (χ2v) is 27.0. The van der Waals surface area contributed by atoms with Gasteiger partial charge >= 0.3 is 17.3 Å². The lowest BCUT2D eigenvalue weighted by Gasteiger charge is -2.36. The molecule has 2 fully saturated rings. The van der Waals surface area contributed by atoms with E-state index in [0.717, 1.165) is 54.6 Å². The predicted molar refractivity (Wildman–Crippen MR) is 259 cm³/mol. The summed E-state index contributed by atoms with van der Waals surface area (Å²) in [6.07, 6.45) is -5.01. The van der Waals surface area contributed by atoms with Gasteiger partial charge in [-0.1, -0.05) is 72.8 Å². The molecular formula is C49H59F7N2O12S4. The molecule has 0 N–H and O–H groups in total. The molecule has 1 heterocycles. The lowest BCUT2D eigenvalue weighted by atomic mass is 9.83. The van der Waals surface area contributed by atoms with Gasteiger partial charge < -0.3 is 14.4 Å². The average molecular weight is 1130 g/mol. The lowest BCUT2D eigenvalue weighted by Crippen LogP contribution is -2.47. The Morgan fingerprint density at radius 1 is 0.581 bits per heavy atom. The van der Waals surface area contributed by atoms with E-state index in [1.807, 2.05) is 20.8 Å². The molecular weight excluding hydrogens is 1070 g/mol. The summed E-state index contributed by atoms with van der Waals surface area (Å²) in [6, 6.07) is 22.1. The fourth-order valence-corrected chi connectivity index (χ4v) is 14.3. The summed E-state index contributed by atoms with van der Waals surface area (Å²) >= 11 is 0. The van der Waals surface area contributed by atoms with Gasteiger partial charge in [0.15, 0.2) is 9.84 Å². The number of sulfonamides is 2. The van der Waals surface area contributed by atoms with Crippen LogP contribution in [0.4, 0.5) is 35.6 Å². The number of alkyl halides is 6. The van der Waals surface area contributed by atoms with Crippen molar-refractivity contribution in [3.63, 3.8) is 0 Å². The van der Waals surface area contributed by atoms with Crippen molar-refractivity contribution >= 4 is 51.8 Å². The van der Waals surface area contributed by atoms with Gasteiger partial charge in [0.25, 0.3) is 32.9 Å². The molecule has 74 heavy (non-hydrogen) atoms. The zero-order valence-corrected chi connectivity index (χ0v) is 44.5. The summed E-state index contributed by atoms with van der Waals surface area (Å²) in [5, 5.41) is -4.24. The van der Waals surface area contributed by atoms with Gasteiger partial charge in [0.2, 0.25) is 9.84 Å². The number of piperidine rings is 1. The number of carbonyl (C=O) groups is 2. The number of esters is 1. The topological polar surface area (TPSA) is 196 Å². The Morgan fingerprint density at radius 3 is 1.39 bits per heavy atom. The highest BCUT2D eigenvalue weighted by Crippen LogP contribution is 2.43. The number of halogens is 7. The minimum Gasteiger partial charge on any atom is -0.460 e. The Hall–Kier alpha value is -5.11. The van der Waals surface area contributed by atoms with Crippen LogP contribution in [0.2, 0.25) is 0 Å². The van der Waals surface area contributed by atoms with E-state index in [1.165, 1.54) is 59.5 Å². The number of carbonyl (C=O) groups excluding carboxylic acids is 2. The number of benzene rings is 4. The zero-order valence-electron chi connectivity index (χ0n) is 41.2. The molecule has 0 radical (unpaired) electrons.